The molecule has 104 valence electrons. The van der Waals surface area contributed by atoms with Crippen LogP contribution in [0.15, 0.2) is 83.1 Å². The first-order valence-electron chi connectivity index (χ1n) is 7.15. The Balaban J connectivity index is 1.78. The van der Waals surface area contributed by atoms with Crippen molar-refractivity contribution in [2.75, 3.05) is 0 Å². The molecule has 0 N–H and O–H groups in total. The van der Waals surface area contributed by atoms with Gasteiger partial charge in [0.25, 0.3) is 0 Å². The Hall–Kier alpha value is -3.07. The van der Waals surface area contributed by atoms with Crippen LogP contribution < -0.4 is 0 Å². The van der Waals surface area contributed by atoms with E-state index in [1.807, 2.05) is 30.3 Å². The predicted octanol–water partition coefficient (Wildman–Crippen LogP) is 3.93. The Kier molecular flexibility index (Phi) is 3.09. The second-order valence-corrected chi connectivity index (χ2v) is 5.04. The van der Waals surface area contributed by atoms with Gasteiger partial charge in [-0.25, -0.2) is 0 Å². The van der Waals surface area contributed by atoms with Gasteiger partial charge in [-0.05, 0) is 23.3 Å². The van der Waals surface area contributed by atoms with Gasteiger partial charge in [0.05, 0.1) is 11.9 Å². The highest BCUT2D eigenvalue weighted by Crippen LogP contribution is 2.36. The molecular weight excluding hydrogens is 270 g/mol. The van der Waals surface area contributed by atoms with Crippen molar-refractivity contribution in [3.8, 4) is 11.1 Å². The van der Waals surface area contributed by atoms with Crippen molar-refractivity contribution >= 4 is 11.9 Å². The Bertz CT molecular complexity index is 832. The summed E-state index contributed by atoms with van der Waals surface area (Å²) in [6, 6.07) is 22.3. The molecule has 4 rings (SSSR count). The summed E-state index contributed by atoms with van der Waals surface area (Å²) < 4.78 is 0. The number of fused-ring (bicyclic) bond motifs is 3. The zero-order chi connectivity index (χ0) is 14.8. The van der Waals surface area contributed by atoms with E-state index >= 15 is 0 Å². The highest BCUT2D eigenvalue weighted by molar-refractivity contribution is 6.24. The molecule has 0 saturated carbocycles. The molecule has 2 aromatic carbocycles. The summed E-state index contributed by atoms with van der Waals surface area (Å²) in [5.41, 5.74) is 6.39. The quantitative estimate of drug-likeness (QED) is 0.405. The molecule has 0 atom stereocenters. The summed E-state index contributed by atoms with van der Waals surface area (Å²) in [5.74, 6) is 0. The van der Waals surface area contributed by atoms with Crippen molar-refractivity contribution in [2.45, 2.75) is 0 Å². The minimum atomic E-state index is 0.798. The Morgan fingerprint density at radius 2 is 1.27 bits per heavy atom. The van der Waals surface area contributed by atoms with Gasteiger partial charge in [0, 0.05) is 17.3 Å². The number of pyridine rings is 1. The molecule has 0 aliphatic heterocycles. The maximum atomic E-state index is 4.45. The molecule has 0 fully saturated rings. The fraction of sp³-hybridized carbons (Fsp3) is 0. The largest absolute Gasteiger partial charge is 0.255 e. The molecule has 0 spiro atoms. The van der Waals surface area contributed by atoms with Crippen molar-refractivity contribution in [1.29, 1.82) is 0 Å². The summed E-state index contributed by atoms with van der Waals surface area (Å²) in [7, 11) is 0. The van der Waals surface area contributed by atoms with Crippen LogP contribution in [0.5, 0.6) is 0 Å². The van der Waals surface area contributed by atoms with Gasteiger partial charge in [0.2, 0.25) is 0 Å². The van der Waals surface area contributed by atoms with Crippen molar-refractivity contribution in [1.82, 2.24) is 4.98 Å². The molecule has 1 aliphatic carbocycles. The average Bonchev–Trinajstić information content (AvgIpc) is 2.91. The average molecular weight is 283 g/mol. The molecule has 0 radical (unpaired) electrons. The van der Waals surface area contributed by atoms with E-state index < -0.39 is 0 Å². The van der Waals surface area contributed by atoms with E-state index in [0.29, 0.717) is 0 Å². The Labute approximate surface area is 128 Å². The van der Waals surface area contributed by atoms with Crippen molar-refractivity contribution in [3.63, 3.8) is 0 Å². The van der Waals surface area contributed by atoms with E-state index in [0.717, 1.165) is 22.5 Å². The summed E-state index contributed by atoms with van der Waals surface area (Å²) >= 11 is 0. The molecule has 0 bridgehead atoms. The van der Waals surface area contributed by atoms with Crippen LogP contribution in [-0.2, 0) is 0 Å². The van der Waals surface area contributed by atoms with Gasteiger partial charge in [0.1, 0.15) is 5.71 Å². The minimum absolute atomic E-state index is 0.798. The summed E-state index contributed by atoms with van der Waals surface area (Å²) in [5, 5.41) is 8.67. The standard InChI is InChI=1S/C19H13N3/c1-3-10-17-15(8-1)16-9-2-4-11-18(16)19(17)22-21-13-14-7-5-6-12-20-14/h1-13H/b21-13+. The lowest BCUT2D eigenvalue weighted by Crippen LogP contribution is -1.97. The third-order valence-corrected chi connectivity index (χ3v) is 3.69. The van der Waals surface area contributed by atoms with Crippen LogP contribution in [0.1, 0.15) is 16.8 Å². The lowest BCUT2D eigenvalue weighted by atomic mass is 10.1. The Morgan fingerprint density at radius 1 is 0.682 bits per heavy atom. The van der Waals surface area contributed by atoms with Gasteiger partial charge in [-0.15, -0.1) is 5.10 Å². The zero-order valence-corrected chi connectivity index (χ0v) is 11.8. The number of hydrogen-bond donors (Lipinski definition) is 0. The van der Waals surface area contributed by atoms with Crippen LogP contribution in [0, 0.1) is 0 Å². The molecular formula is C19H13N3. The summed E-state index contributed by atoms with van der Waals surface area (Å²) in [6.45, 7) is 0. The van der Waals surface area contributed by atoms with Crippen LogP contribution in [0.3, 0.4) is 0 Å². The first-order valence-corrected chi connectivity index (χ1v) is 7.15. The van der Waals surface area contributed by atoms with E-state index in [1.54, 1.807) is 12.4 Å². The molecule has 1 aromatic heterocycles. The zero-order valence-electron chi connectivity index (χ0n) is 11.8. The third kappa shape index (κ3) is 2.13. The summed E-state index contributed by atoms with van der Waals surface area (Å²) in [4.78, 5) is 4.21. The number of rotatable bonds is 2. The van der Waals surface area contributed by atoms with Crippen molar-refractivity contribution < 1.29 is 0 Å². The van der Waals surface area contributed by atoms with Gasteiger partial charge in [0.15, 0.2) is 0 Å². The van der Waals surface area contributed by atoms with E-state index in [9.17, 15) is 0 Å². The lowest BCUT2D eigenvalue weighted by molar-refractivity contribution is 1.23. The molecule has 3 aromatic rings. The van der Waals surface area contributed by atoms with Crippen molar-refractivity contribution in [3.05, 3.63) is 89.7 Å². The number of benzene rings is 2. The number of aromatic nitrogens is 1. The van der Waals surface area contributed by atoms with Gasteiger partial charge in [-0.2, -0.15) is 5.10 Å². The first kappa shape index (κ1) is 12.7. The minimum Gasteiger partial charge on any atom is -0.255 e. The second-order valence-electron chi connectivity index (χ2n) is 5.04. The monoisotopic (exact) mass is 283 g/mol. The fourth-order valence-corrected chi connectivity index (χ4v) is 2.70. The molecule has 0 saturated heterocycles. The number of nitrogens with zero attached hydrogens (tertiary/aromatic N) is 3. The molecule has 22 heavy (non-hydrogen) atoms. The van der Waals surface area contributed by atoms with E-state index in [1.165, 1.54) is 11.1 Å². The maximum absolute atomic E-state index is 4.45. The highest BCUT2D eigenvalue weighted by Gasteiger charge is 2.23. The predicted molar refractivity (Wildman–Crippen MR) is 89.3 cm³/mol. The molecule has 0 unspecified atom stereocenters. The van der Waals surface area contributed by atoms with Crippen LogP contribution in [0.25, 0.3) is 11.1 Å². The Morgan fingerprint density at radius 3 is 1.86 bits per heavy atom. The topological polar surface area (TPSA) is 37.6 Å². The third-order valence-electron chi connectivity index (χ3n) is 3.69. The fourth-order valence-electron chi connectivity index (χ4n) is 2.70. The van der Waals surface area contributed by atoms with Crippen LogP contribution in [0.2, 0.25) is 0 Å². The highest BCUT2D eigenvalue weighted by atomic mass is 15.2. The normalized spacial score (nSPS) is 12.3. The molecule has 1 heterocycles. The molecule has 0 amide bonds. The van der Waals surface area contributed by atoms with Crippen LogP contribution >= 0.6 is 0 Å². The van der Waals surface area contributed by atoms with E-state index in [-0.39, 0.29) is 0 Å². The van der Waals surface area contributed by atoms with Gasteiger partial charge >= 0.3 is 0 Å². The van der Waals surface area contributed by atoms with Gasteiger partial charge < -0.3 is 0 Å². The first-order chi connectivity index (χ1) is 10.9. The molecule has 3 nitrogen and oxygen atoms in total. The maximum Gasteiger partial charge on any atom is 0.101 e. The van der Waals surface area contributed by atoms with Gasteiger partial charge in [-0.3, -0.25) is 4.98 Å². The van der Waals surface area contributed by atoms with Gasteiger partial charge in [-0.1, -0.05) is 54.6 Å². The van der Waals surface area contributed by atoms with E-state index in [2.05, 4.69) is 51.6 Å². The SMILES string of the molecule is C(=N\N=C1c2ccccc2-c2ccccc21)/c1ccccn1. The summed E-state index contributed by atoms with van der Waals surface area (Å²) in [6.07, 6.45) is 3.42. The lowest BCUT2D eigenvalue weighted by Gasteiger charge is -1.98. The molecule has 3 heteroatoms. The number of hydrogen-bond acceptors (Lipinski definition) is 3. The smallest absolute Gasteiger partial charge is 0.101 e. The van der Waals surface area contributed by atoms with Crippen molar-refractivity contribution in [2.24, 2.45) is 10.2 Å². The van der Waals surface area contributed by atoms with E-state index in [4.69, 9.17) is 0 Å². The second kappa shape index (κ2) is 5.37. The van der Waals surface area contributed by atoms with Crippen LogP contribution in [-0.4, -0.2) is 16.9 Å². The molecule has 1 aliphatic rings. The van der Waals surface area contributed by atoms with Crippen LogP contribution in [0.4, 0.5) is 0 Å².